The number of nitrogens with one attached hydrogen (secondary N) is 1. The molecule has 0 rings (SSSR count). The average Bonchev–Trinajstić information content (AvgIpc) is 2.00. The van der Waals surface area contributed by atoms with Crippen molar-refractivity contribution >= 4 is 25.4 Å². The maximum absolute atomic E-state index is 10.3. The van der Waals surface area contributed by atoms with Crippen LogP contribution in [0.4, 0.5) is 0 Å². The monoisotopic (exact) mass is 211 g/mol. The lowest BCUT2D eigenvalue weighted by atomic mass is 10.1. The molecule has 0 radical (unpaired) electrons. The number of carbonyl (C=O) groups is 1. The SMILES string of the molecule is CC(C)CC(NCl)C(=O)O.OBO. The van der Waals surface area contributed by atoms with E-state index in [9.17, 15) is 4.79 Å². The molecule has 0 aliphatic rings. The minimum absolute atomic E-state index is 0.340. The lowest BCUT2D eigenvalue weighted by Gasteiger charge is -2.10. The first-order chi connectivity index (χ1) is 5.99. The van der Waals surface area contributed by atoms with Gasteiger partial charge in [0.15, 0.2) is 0 Å². The number of carboxylic acids is 1. The summed E-state index contributed by atoms with van der Waals surface area (Å²) in [5.41, 5.74) is 0. The Labute approximate surface area is 83.1 Å². The Bertz CT molecular complexity index is 136. The van der Waals surface area contributed by atoms with E-state index in [0.717, 1.165) is 0 Å². The second kappa shape index (κ2) is 9.79. The molecule has 13 heavy (non-hydrogen) atoms. The lowest BCUT2D eigenvalue weighted by molar-refractivity contribution is -0.139. The van der Waals surface area contributed by atoms with Gasteiger partial charge < -0.3 is 15.2 Å². The number of carboxylic acid groups (broad SMARTS) is 1. The molecular formula is C6H15BClNO4. The number of halogens is 1. The van der Waals surface area contributed by atoms with Crippen LogP contribution in [-0.2, 0) is 4.79 Å². The molecule has 0 aromatic carbocycles. The largest absolute Gasteiger partial charge is 0.480 e. The molecule has 0 aromatic heterocycles. The van der Waals surface area contributed by atoms with Gasteiger partial charge in [-0.1, -0.05) is 13.8 Å². The molecular weight excluding hydrogens is 196 g/mol. The zero-order chi connectivity index (χ0) is 10.9. The molecule has 0 aliphatic heterocycles. The predicted molar refractivity (Wildman–Crippen MR) is 51.5 cm³/mol. The van der Waals surface area contributed by atoms with Gasteiger partial charge in [0.05, 0.1) is 0 Å². The summed E-state index contributed by atoms with van der Waals surface area (Å²) in [5, 5.41) is 22.7. The Hall–Kier alpha value is -0.295. The summed E-state index contributed by atoms with van der Waals surface area (Å²) in [6, 6.07) is -0.623. The van der Waals surface area contributed by atoms with Crippen LogP contribution in [0.15, 0.2) is 0 Å². The van der Waals surface area contributed by atoms with Crippen LogP contribution in [0.3, 0.4) is 0 Å². The second-order valence-corrected chi connectivity index (χ2v) is 2.99. The normalized spacial score (nSPS) is 11.5. The lowest BCUT2D eigenvalue weighted by Crippen LogP contribution is -2.31. The van der Waals surface area contributed by atoms with Crippen LogP contribution < -0.4 is 4.84 Å². The van der Waals surface area contributed by atoms with Gasteiger partial charge in [-0.05, 0) is 24.1 Å². The minimum Gasteiger partial charge on any atom is -0.480 e. The summed E-state index contributed by atoms with van der Waals surface area (Å²) in [5.74, 6) is -0.559. The Morgan fingerprint density at radius 2 is 1.92 bits per heavy atom. The number of hydrogen-bond acceptors (Lipinski definition) is 4. The predicted octanol–water partition coefficient (Wildman–Crippen LogP) is -0.533. The molecule has 0 fully saturated rings. The fraction of sp³-hybridized carbons (Fsp3) is 0.833. The summed E-state index contributed by atoms with van der Waals surface area (Å²) in [6.07, 6.45) is 0.554. The number of hydrogen-bond donors (Lipinski definition) is 4. The highest BCUT2D eigenvalue weighted by Gasteiger charge is 2.16. The summed E-state index contributed by atoms with van der Waals surface area (Å²) in [6.45, 7) is 3.90. The molecule has 0 saturated heterocycles. The van der Waals surface area contributed by atoms with Crippen molar-refractivity contribution in [2.75, 3.05) is 0 Å². The van der Waals surface area contributed by atoms with Crippen LogP contribution in [0.5, 0.6) is 0 Å². The van der Waals surface area contributed by atoms with Gasteiger partial charge in [0, 0.05) is 0 Å². The molecule has 1 unspecified atom stereocenters. The summed E-state index contributed by atoms with van der Waals surface area (Å²) in [4.78, 5) is 12.5. The first kappa shape index (κ1) is 15.2. The Balaban J connectivity index is 0. The fourth-order valence-corrected chi connectivity index (χ4v) is 0.846. The average molecular weight is 211 g/mol. The van der Waals surface area contributed by atoms with Gasteiger partial charge in [-0.2, -0.15) is 0 Å². The zero-order valence-electron chi connectivity index (χ0n) is 7.70. The fourth-order valence-electron chi connectivity index (χ4n) is 0.663. The second-order valence-electron chi connectivity index (χ2n) is 2.77. The molecule has 4 N–H and O–H groups in total. The maximum Gasteiger partial charge on any atom is 0.432 e. The maximum atomic E-state index is 10.3. The molecule has 0 amide bonds. The molecule has 0 aromatic rings. The van der Waals surface area contributed by atoms with Crippen molar-refractivity contribution in [1.29, 1.82) is 0 Å². The molecule has 5 nitrogen and oxygen atoms in total. The van der Waals surface area contributed by atoms with Crippen LogP contribution >= 0.6 is 11.8 Å². The Kier molecular flexibility index (Phi) is 11.4. The highest BCUT2D eigenvalue weighted by atomic mass is 35.5. The van der Waals surface area contributed by atoms with Crippen molar-refractivity contribution < 1.29 is 19.9 Å². The summed E-state index contributed by atoms with van der Waals surface area (Å²) >= 11 is 5.18. The van der Waals surface area contributed by atoms with Gasteiger partial charge in [0.1, 0.15) is 6.04 Å². The molecule has 7 heteroatoms. The van der Waals surface area contributed by atoms with Gasteiger partial charge in [-0.25, -0.2) is 4.84 Å². The Morgan fingerprint density at radius 1 is 1.54 bits per heavy atom. The molecule has 0 aliphatic carbocycles. The van der Waals surface area contributed by atoms with Crippen LogP contribution in [0.1, 0.15) is 20.3 Å². The molecule has 0 saturated carbocycles. The standard InChI is InChI=1S/C6H12ClNO2.BH3O2/c1-4(2)3-5(8-7)6(9)10;2-1-3/h4-5,8H,3H2,1-2H3,(H,9,10);1-3H. The number of rotatable bonds is 4. The van der Waals surface area contributed by atoms with Crippen molar-refractivity contribution in [1.82, 2.24) is 4.84 Å². The molecule has 78 valence electrons. The zero-order valence-corrected chi connectivity index (χ0v) is 8.45. The third-order valence-corrected chi connectivity index (χ3v) is 1.40. The topological polar surface area (TPSA) is 89.8 Å². The van der Waals surface area contributed by atoms with Gasteiger partial charge in [0.2, 0.25) is 0 Å². The van der Waals surface area contributed by atoms with E-state index in [-0.39, 0.29) is 0 Å². The van der Waals surface area contributed by atoms with E-state index in [1.807, 2.05) is 13.8 Å². The molecule has 0 heterocycles. The minimum atomic E-state index is -0.899. The third kappa shape index (κ3) is 11.7. The van der Waals surface area contributed by atoms with Crippen LogP contribution in [0, 0.1) is 5.92 Å². The highest BCUT2D eigenvalue weighted by Crippen LogP contribution is 2.04. The van der Waals surface area contributed by atoms with Crippen molar-refractivity contribution in [3.8, 4) is 0 Å². The van der Waals surface area contributed by atoms with E-state index < -0.39 is 19.7 Å². The van der Waals surface area contributed by atoms with E-state index in [0.29, 0.717) is 12.3 Å². The van der Waals surface area contributed by atoms with Gasteiger partial charge in [-0.15, -0.1) is 0 Å². The first-order valence-corrected chi connectivity index (χ1v) is 4.18. The van der Waals surface area contributed by atoms with E-state index in [2.05, 4.69) is 4.84 Å². The van der Waals surface area contributed by atoms with E-state index >= 15 is 0 Å². The summed E-state index contributed by atoms with van der Waals surface area (Å²) in [7, 11) is -0.750. The van der Waals surface area contributed by atoms with Gasteiger partial charge >= 0.3 is 13.7 Å². The molecule has 0 bridgehead atoms. The van der Waals surface area contributed by atoms with E-state index in [1.54, 1.807) is 0 Å². The van der Waals surface area contributed by atoms with E-state index in [1.165, 1.54) is 0 Å². The molecule has 1 atom stereocenters. The van der Waals surface area contributed by atoms with Gasteiger partial charge in [-0.3, -0.25) is 4.79 Å². The van der Waals surface area contributed by atoms with Crippen LogP contribution in [-0.4, -0.2) is 34.9 Å². The highest BCUT2D eigenvalue weighted by molar-refractivity contribution is 6.14. The Morgan fingerprint density at radius 3 is 2.00 bits per heavy atom. The van der Waals surface area contributed by atoms with Crippen molar-refractivity contribution in [3.63, 3.8) is 0 Å². The van der Waals surface area contributed by atoms with E-state index in [4.69, 9.17) is 26.9 Å². The van der Waals surface area contributed by atoms with Crippen molar-refractivity contribution in [2.24, 2.45) is 5.92 Å². The van der Waals surface area contributed by atoms with Gasteiger partial charge in [0.25, 0.3) is 0 Å². The van der Waals surface area contributed by atoms with Crippen LogP contribution in [0.2, 0.25) is 0 Å². The third-order valence-electron chi connectivity index (χ3n) is 1.14. The molecule has 0 spiro atoms. The smallest absolute Gasteiger partial charge is 0.432 e. The van der Waals surface area contributed by atoms with Crippen molar-refractivity contribution in [3.05, 3.63) is 0 Å². The van der Waals surface area contributed by atoms with Crippen LogP contribution in [0.25, 0.3) is 0 Å². The first-order valence-electron chi connectivity index (χ1n) is 3.80. The quantitative estimate of drug-likeness (QED) is 0.371. The summed E-state index contributed by atoms with van der Waals surface area (Å²) < 4.78 is 0. The van der Waals surface area contributed by atoms with Crippen molar-refractivity contribution in [2.45, 2.75) is 26.3 Å². The number of aliphatic carboxylic acids is 1.